The number of hydrogen-bond acceptors (Lipinski definition) is 3. The largest absolute Gasteiger partial charge is 0.394 e. The average Bonchev–Trinajstić information content (AvgIpc) is 2.73. The van der Waals surface area contributed by atoms with Crippen LogP contribution in [0.1, 0.15) is 38.2 Å². The van der Waals surface area contributed by atoms with Gasteiger partial charge in [-0.25, -0.2) is 0 Å². The Kier molecular flexibility index (Phi) is 3.84. The van der Waals surface area contributed by atoms with E-state index in [0.29, 0.717) is 5.92 Å². The van der Waals surface area contributed by atoms with Gasteiger partial charge >= 0.3 is 0 Å². The van der Waals surface area contributed by atoms with E-state index < -0.39 is 0 Å². The van der Waals surface area contributed by atoms with Crippen molar-refractivity contribution in [2.24, 2.45) is 13.0 Å². The van der Waals surface area contributed by atoms with E-state index in [-0.39, 0.29) is 12.1 Å². The molecule has 4 nitrogen and oxygen atoms in total. The van der Waals surface area contributed by atoms with Crippen molar-refractivity contribution in [3.8, 4) is 0 Å². The molecule has 1 aliphatic carbocycles. The molecule has 1 fully saturated rings. The zero-order chi connectivity index (χ0) is 12.3. The minimum Gasteiger partial charge on any atom is -0.394 e. The van der Waals surface area contributed by atoms with E-state index in [1.54, 1.807) is 0 Å². The lowest BCUT2D eigenvalue weighted by Crippen LogP contribution is -2.51. The number of aryl methyl sites for hydroxylation is 1. The van der Waals surface area contributed by atoms with E-state index >= 15 is 0 Å². The number of hydrogen-bond donors (Lipinski definition) is 2. The van der Waals surface area contributed by atoms with E-state index in [0.717, 1.165) is 19.4 Å². The Morgan fingerprint density at radius 3 is 3.06 bits per heavy atom. The van der Waals surface area contributed by atoms with Crippen LogP contribution < -0.4 is 5.32 Å². The molecule has 2 N–H and O–H groups in total. The van der Waals surface area contributed by atoms with Gasteiger partial charge in [-0.15, -0.1) is 0 Å². The van der Waals surface area contributed by atoms with Crippen molar-refractivity contribution in [3.05, 3.63) is 18.0 Å². The molecule has 2 unspecified atom stereocenters. The molecule has 0 bridgehead atoms. The van der Waals surface area contributed by atoms with E-state index in [4.69, 9.17) is 0 Å². The van der Waals surface area contributed by atoms with Gasteiger partial charge in [0.05, 0.1) is 12.8 Å². The second kappa shape index (κ2) is 5.19. The van der Waals surface area contributed by atoms with Crippen molar-refractivity contribution in [2.45, 2.75) is 44.7 Å². The predicted octanol–water partition coefficient (Wildman–Crippen LogP) is 1.45. The van der Waals surface area contributed by atoms with Gasteiger partial charge in [-0.05, 0) is 18.8 Å². The van der Waals surface area contributed by atoms with E-state index in [1.807, 2.05) is 24.1 Å². The van der Waals surface area contributed by atoms with Crippen LogP contribution in [0.15, 0.2) is 12.4 Å². The molecule has 0 saturated heterocycles. The normalized spacial score (nSPS) is 29.5. The summed E-state index contributed by atoms with van der Waals surface area (Å²) in [6.07, 6.45) is 8.55. The quantitative estimate of drug-likeness (QED) is 0.833. The number of aromatic nitrogens is 2. The van der Waals surface area contributed by atoms with Gasteiger partial charge < -0.3 is 10.4 Å². The molecule has 1 aliphatic rings. The zero-order valence-corrected chi connectivity index (χ0v) is 10.8. The first-order chi connectivity index (χ1) is 8.13. The van der Waals surface area contributed by atoms with Gasteiger partial charge in [0.15, 0.2) is 0 Å². The highest BCUT2D eigenvalue weighted by atomic mass is 16.3. The molecule has 1 aromatic heterocycles. The molecule has 1 heterocycles. The summed E-state index contributed by atoms with van der Waals surface area (Å²) in [5, 5.41) is 17.4. The maximum absolute atomic E-state index is 9.66. The maximum atomic E-state index is 9.66. The first kappa shape index (κ1) is 12.6. The molecule has 2 atom stereocenters. The Labute approximate surface area is 103 Å². The molecule has 4 heteroatoms. The zero-order valence-electron chi connectivity index (χ0n) is 10.8. The summed E-state index contributed by atoms with van der Waals surface area (Å²) in [6.45, 7) is 3.30. The number of rotatable bonds is 4. The smallest absolute Gasteiger partial charge is 0.0613 e. The Balaban J connectivity index is 1.94. The topological polar surface area (TPSA) is 50.1 Å². The van der Waals surface area contributed by atoms with Gasteiger partial charge in [-0.2, -0.15) is 5.10 Å². The van der Waals surface area contributed by atoms with Crippen LogP contribution in [0.5, 0.6) is 0 Å². The fourth-order valence-corrected chi connectivity index (χ4v) is 2.87. The predicted molar refractivity (Wildman–Crippen MR) is 67.5 cm³/mol. The number of nitrogens with one attached hydrogen (secondary N) is 1. The number of aliphatic hydroxyl groups is 1. The third-order valence-corrected chi connectivity index (χ3v) is 3.82. The monoisotopic (exact) mass is 237 g/mol. The molecule has 1 aromatic rings. The van der Waals surface area contributed by atoms with E-state index in [1.165, 1.54) is 18.4 Å². The van der Waals surface area contributed by atoms with Crippen LogP contribution in [0.3, 0.4) is 0 Å². The van der Waals surface area contributed by atoms with Crippen molar-refractivity contribution in [1.82, 2.24) is 15.1 Å². The lowest BCUT2D eigenvalue weighted by atomic mass is 9.77. The van der Waals surface area contributed by atoms with Gasteiger partial charge in [0.2, 0.25) is 0 Å². The van der Waals surface area contributed by atoms with Gasteiger partial charge in [0.1, 0.15) is 0 Å². The number of nitrogens with zero attached hydrogens (tertiary/aromatic N) is 2. The molecule has 0 amide bonds. The van der Waals surface area contributed by atoms with Gasteiger partial charge in [0.25, 0.3) is 0 Å². The van der Waals surface area contributed by atoms with Gasteiger partial charge in [-0.1, -0.05) is 19.8 Å². The summed E-state index contributed by atoms with van der Waals surface area (Å²) in [7, 11) is 1.92. The second-order valence-corrected chi connectivity index (χ2v) is 5.52. The van der Waals surface area contributed by atoms with Crippen LogP contribution in [0.4, 0.5) is 0 Å². The Bertz CT molecular complexity index is 363. The molecule has 17 heavy (non-hydrogen) atoms. The Hall–Kier alpha value is -0.870. The van der Waals surface area contributed by atoms with Crippen molar-refractivity contribution >= 4 is 0 Å². The highest BCUT2D eigenvalue weighted by Gasteiger charge is 2.33. The van der Waals surface area contributed by atoms with E-state index in [9.17, 15) is 5.11 Å². The molecule has 0 radical (unpaired) electrons. The fourth-order valence-electron chi connectivity index (χ4n) is 2.87. The molecule has 1 saturated carbocycles. The first-order valence-corrected chi connectivity index (χ1v) is 6.47. The third-order valence-electron chi connectivity index (χ3n) is 3.82. The fraction of sp³-hybridized carbons (Fsp3) is 0.769. The van der Waals surface area contributed by atoms with Crippen molar-refractivity contribution in [3.63, 3.8) is 0 Å². The molecular formula is C13H23N3O. The number of aliphatic hydroxyl groups excluding tert-OH is 1. The molecule has 0 spiro atoms. The summed E-state index contributed by atoms with van der Waals surface area (Å²) < 4.78 is 1.81. The summed E-state index contributed by atoms with van der Waals surface area (Å²) in [4.78, 5) is 0. The molecule has 0 aliphatic heterocycles. The maximum Gasteiger partial charge on any atom is 0.0613 e. The Morgan fingerprint density at radius 1 is 1.65 bits per heavy atom. The summed E-state index contributed by atoms with van der Waals surface area (Å²) in [5.41, 5.74) is 1.10. The molecular weight excluding hydrogens is 214 g/mol. The van der Waals surface area contributed by atoms with Crippen LogP contribution >= 0.6 is 0 Å². The molecule has 2 rings (SSSR count). The van der Waals surface area contributed by atoms with Crippen LogP contribution in [0, 0.1) is 5.92 Å². The van der Waals surface area contributed by atoms with Crippen molar-refractivity contribution in [1.29, 1.82) is 0 Å². The van der Waals surface area contributed by atoms with E-state index in [2.05, 4.69) is 17.3 Å². The summed E-state index contributed by atoms with van der Waals surface area (Å²) in [6, 6.07) is 0. The Morgan fingerprint density at radius 2 is 2.47 bits per heavy atom. The minimum absolute atomic E-state index is 0.0759. The van der Waals surface area contributed by atoms with Crippen LogP contribution in [0.2, 0.25) is 0 Å². The van der Waals surface area contributed by atoms with Crippen molar-refractivity contribution in [2.75, 3.05) is 6.61 Å². The van der Waals surface area contributed by atoms with Crippen molar-refractivity contribution < 1.29 is 5.11 Å². The van der Waals surface area contributed by atoms with Crippen LogP contribution in [0.25, 0.3) is 0 Å². The lowest BCUT2D eigenvalue weighted by Gasteiger charge is -2.39. The summed E-state index contributed by atoms with van der Waals surface area (Å²) >= 11 is 0. The highest BCUT2D eigenvalue weighted by Crippen LogP contribution is 2.32. The highest BCUT2D eigenvalue weighted by molar-refractivity contribution is 5.05. The average molecular weight is 237 g/mol. The SMILES string of the molecule is CC1CCCC(CO)(NCc2cnn(C)c2)C1. The van der Waals surface area contributed by atoms with Crippen LogP contribution in [-0.4, -0.2) is 27.0 Å². The summed E-state index contributed by atoms with van der Waals surface area (Å²) in [5.74, 6) is 0.706. The lowest BCUT2D eigenvalue weighted by molar-refractivity contribution is 0.0982. The second-order valence-electron chi connectivity index (χ2n) is 5.52. The van der Waals surface area contributed by atoms with Crippen LogP contribution in [-0.2, 0) is 13.6 Å². The third kappa shape index (κ3) is 3.07. The van der Waals surface area contributed by atoms with Gasteiger partial charge in [0, 0.05) is 30.9 Å². The molecule has 0 aromatic carbocycles. The molecule has 96 valence electrons. The minimum atomic E-state index is -0.0759. The first-order valence-electron chi connectivity index (χ1n) is 6.47. The van der Waals surface area contributed by atoms with Gasteiger partial charge in [-0.3, -0.25) is 4.68 Å². The standard InChI is InChI=1S/C13H23N3O/c1-11-4-3-5-13(6-11,10-17)14-7-12-8-15-16(2)9-12/h8-9,11,14,17H,3-7,10H2,1-2H3.